The zero-order valence-electron chi connectivity index (χ0n) is 32.7. The van der Waals surface area contributed by atoms with Crippen LogP contribution in [0.2, 0.25) is 0 Å². The second-order valence-corrected chi connectivity index (χ2v) is 16.6. The van der Waals surface area contributed by atoms with Gasteiger partial charge in [-0.15, -0.1) is 11.8 Å². The number of nitrogens with one attached hydrogen (secondary N) is 1. The topological polar surface area (TPSA) is 175 Å². The highest BCUT2D eigenvalue weighted by atomic mass is 32.2. The van der Waals surface area contributed by atoms with Crippen molar-refractivity contribution >= 4 is 29.7 Å². The Morgan fingerprint density at radius 1 is 0.947 bits per heavy atom. The number of thioether (sulfide) groups is 1. The van der Waals surface area contributed by atoms with Gasteiger partial charge in [0.1, 0.15) is 18.6 Å². The minimum atomic E-state index is -1.38. The van der Waals surface area contributed by atoms with Crippen LogP contribution in [0.4, 0.5) is 0 Å². The lowest BCUT2D eigenvalue weighted by atomic mass is 9.73. The predicted octanol–water partition coefficient (Wildman–Crippen LogP) is 3.63. The predicted molar refractivity (Wildman–Crippen MR) is 204 cm³/mol. The third-order valence-corrected chi connectivity index (χ3v) is 14.0. The van der Waals surface area contributed by atoms with Crippen LogP contribution in [-0.2, 0) is 37.5 Å². The van der Waals surface area contributed by atoms with E-state index in [0.29, 0.717) is 70.4 Å². The van der Waals surface area contributed by atoms with Crippen molar-refractivity contribution in [3.05, 3.63) is 62.7 Å². The van der Waals surface area contributed by atoms with Crippen molar-refractivity contribution in [2.24, 2.45) is 0 Å². The number of piperazine rings is 1. The number of aromatic hydroxyl groups is 1. The fraction of sp³-hybridized carbons (Fsp3) is 0.488. The highest BCUT2D eigenvalue weighted by Crippen LogP contribution is 2.64. The van der Waals surface area contributed by atoms with Gasteiger partial charge >= 0.3 is 17.9 Å². The minimum absolute atomic E-state index is 0.0330. The number of carbonyl (C=O) groups excluding carboxylic acids is 3. The highest BCUT2D eigenvalue weighted by Gasteiger charge is 2.61. The van der Waals surface area contributed by atoms with Crippen LogP contribution in [0, 0.1) is 13.8 Å². The van der Waals surface area contributed by atoms with E-state index >= 15 is 0 Å². The summed E-state index contributed by atoms with van der Waals surface area (Å²) in [4.78, 5) is 44.7. The molecule has 0 radical (unpaired) electrons. The minimum Gasteiger partial charge on any atom is -0.504 e. The molecule has 7 aliphatic rings. The summed E-state index contributed by atoms with van der Waals surface area (Å²) in [6.07, 6.45) is -0.102. The maximum Gasteiger partial charge on any atom is 0.331 e. The molecule has 3 N–H and O–H groups in total. The molecular formula is C41H45N3O12S. The molecule has 15 nitrogen and oxygen atoms in total. The number of hydrogen-bond donors (Lipinski definition) is 3. The third-order valence-electron chi connectivity index (χ3n) is 12.5. The lowest BCUT2D eigenvalue weighted by Gasteiger charge is -2.62. The van der Waals surface area contributed by atoms with Gasteiger partial charge in [0.25, 0.3) is 0 Å². The first kappa shape index (κ1) is 37.8. The molecule has 0 amide bonds. The molecule has 2 fully saturated rings. The number of benzene rings is 3. The highest BCUT2D eigenvalue weighted by molar-refractivity contribution is 7.99. The summed E-state index contributed by atoms with van der Waals surface area (Å²) in [6.45, 7) is 6.55. The first-order chi connectivity index (χ1) is 27.3. The molecule has 1 unspecified atom stereocenters. The number of aliphatic hydroxyl groups is 1. The van der Waals surface area contributed by atoms with Gasteiger partial charge in [0.15, 0.2) is 40.0 Å². The molecule has 7 heterocycles. The van der Waals surface area contributed by atoms with Crippen molar-refractivity contribution in [3.63, 3.8) is 0 Å². The van der Waals surface area contributed by atoms with Gasteiger partial charge in [-0.1, -0.05) is 6.07 Å². The molecular weight excluding hydrogens is 759 g/mol. The first-order valence-electron chi connectivity index (χ1n) is 19.0. The van der Waals surface area contributed by atoms with Gasteiger partial charge in [0.2, 0.25) is 6.79 Å². The van der Waals surface area contributed by atoms with Crippen LogP contribution >= 0.6 is 11.8 Å². The van der Waals surface area contributed by atoms with Crippen LogP contribution in [0.5, 0.6) is 40.2 Å². The summed E-state index contributed by atoms with van der Waals surface area (Å²) in [7, 11) is 4.96. The molecule has 1 spiro atoms. The Labute approximate surface area is 333 Å². The summed E-state index contributed by atoms with van der Waals surface area (Å²) in [6, 6.07) is 2.99. The number of aliphatic hydroxyl groups excluding tert-OH is 1. The molecule has 0 saturated carbocycles. The van der Waals surface area contributed by atoms with Gasteiger partial charge in [0.05, 0.1) is 37.6 Å². The van der Waals surface area contributed by atoms with E-state index in [2.05, 4.69) is 10.2 Å². The van der Waals surface area contributed by atoms with Crippen LogP contribution in [-0.4, -0.2) is 103 Å². The molecule has 7 aliphatic heterocycles. The number of phenols is 1. The number of fused-ring (bicyclic) bond motifs is 9. The molecule has 2 saturated heterocycles. The van der Waals surface area contributed by atoms with Crippen molar-refractivity contribution in [1.29, 1.82) is 0 Å². The van der Waals surface area contributed by atoms with Crippen molar-refractivity contribution in [3.8, 4) is 40.2 Å². The molecule has 16 heteroatoms. The van der Waals surface area contributed by atoms with Gasteiger partial charge in [-0.2, -0.15) is 0 Å². The summed E-state index contributed by atoms with van der Waals surface area (Å²) in [5.74, 6) is 0.639. The second-order valence-electron chi connectivity index (χ2n) is 15.5. The van der Waals surface area contributed by atoms with E-state index in [-0.39, 0.29) is 30.7 Å². The van der Waals surface area contributed by atoms with Crippen molar-refractivity contribution < 1.29 is 57.8 Å². The molecule has 7 atom stereocenters. The zero-order valence-corrected chi connectivity index (χ0v) is 33.5. The average molecular weight is 804 g/mol. The Bertz CT molecular complexity index is 2250. The summed E-state index contributed by atoms with van der Waals surface area (Å²) in [5.41, 5.74) is 4.30. The van der Waals surface area contributed by atoms with E-state index in [9.17, 15) is 24.6 Å². The molecule has 302 valence electrons. The van der Waals surface area contributed by atoms with E-state index in [0.717, 1.165) is 22.3 Å². The largest absolute Gasteiger partial charge is 0.504 e. The van der Waals surface area contributed by atoms with E-state index in [4.69, 9.17) is 33.2 Å². The smallest absolute Gasteiger partial charge is 0.331 e. The SMILES string of the molecule is COc1cc2c(cc1O)CCN[C@]21CS[C@@H]2c3c(OC(C)=O)c(C)c4c(c3[C@H](COC1=O)N1C2[C@H]2c3c(cc(C)c(OC)c3OC(C)=O)C[C@@H]([C@@H]1O)N2C)OCO4. The van der Waals surface area contributed by atoms with Crippen LogP contribution in [0.15, 0.2) is 18.2 Å². The van der Waals surface area contributed by atoms with Gasteiger partial charge in [-0.25, -0.2) is 4.79 Å². The number of esters is 3. The summed E-state index contributed by atoms with van der Waals surface area (Å²) in [5, 5.41) is 26.3. The number of likely N-dealkylation sites (N-methyl/N-ethyl adjacent to an activating group) is 1. The monoisotopic (exact) mass is 803 g/mol. The normalized spacial score (nSPS) is 28.4. The van der Waals surface area contributed by atoms with Crippen LogP contribution in [0.1, 0.15) is 75.7 Å². The van der Waals surface area contributed by atoms with E-state index in [1.165, 1.54) is 32.7 Å². The van der Waals surface area contributed by atoms with E-state index in [1.54, 1.807) is 19.2 Å². The number of aryl methyl sites for hydroxylation is 1. The first-order valence-corrected chi connectivity index (χ1v) is 20.0. The fourth-order valence-electron chi connectivity index (χ4n) is 10.2. The van der Waals surface area contributed by atoms with Gasteiger partial charge < -0.3 is 43.4 Å². The van der Waals surface area contributed by atoms with Crippen molar-refractivity contribution in [2.75, 3.05) is 47.0 Å². The molecule has 0 aromatic heterocycles. The maximum absolute atomic E-state index is 14.8. The Morgan fingerprint density at radius 3 is 2.40 bits per heavy atom. The number of hydrogen-bond acceptors (Lipinski definition) is 16. The number of rotatable bonds is 4. The van der Waals surface area contributed by atoms with E-state index < -0.39 is 59.1 Å². The maximum atomic E-state index is 14.8. The number of phenolic OH excluding ortho intramolecular Hbond substituents is 1. The number of nitrogens with zero attached hydrogens (tertiary/aromatic N) is 2. The van der Waals surface area contributed by atoms with Crippen molar-refractivity contribution in [1.82, 2.24) is 15.1 Å². The Hall–Kier alpha value is -4.74. The quantitative estimate of drug-likeness (QED) is 0.258. The van der Waals surface area contributed by atoms with E-state index in [1.807, 2.05) is 31.9 Å². The Morgan fingerprint density at radius 2 is 1.68 bits per heavy atom. The third kappa shape index (κ3) is 5.44. The molecule has 4 bridgehead atoms. The van der Waals surface area contributed by atoms with Gasteiger partial charge in [-0.05, 0) is 68.1 Å². The molecule has 0 aliphatic carbocycles. The fourth-order valence-corrected chi connectivity index (χ4v) is 11.9. The zero-order chi connectivity index (χ0) is 40.2. The Kier molecular flexibility index (Phi) is 9.08. The molecule has 10 rings (SSSR count). The number of carbonyl (C=O) groups is 3. The Balaban J connectivity index is 1.33. The van der Waals surface area contributed by atoms with Gasteiger partial charge in [-0.3, -0.25) is 24.7 Å². The number of ether oxygens (including phenoxy) is 7. The molecule has 3 aromatic rings. The standard InChI is InChI=1S/C41H45N3O12S/c1-17-10-22-11-24-39(48)44-25-14-52-40(49)41(23-13-27(50-6)26(47)12-21(23)8-9-42-41)15-57-38(30-29(25)36-35(53-16-54-36)18(2)34(30)55-19(3)45)32(44)31(43(24)5)28(22)37(33(17)51-7)56-20(4)46/h10,12-13,24-25,31-32,38-39,42,47-48H,8-9,11,14-16H2,1-7H3/t24-,25-,31+,32?,38+,39-,41+/m0/s1. The van der Waals surface area contributed by atoms with Gasteiger partial charge in [0, 0.05) is 54.4 Å². The second kappa shape index (κ2) is 13.7. The number of methoxy groups -OCH3 is 2. The summed E-state index contributed by atoms with van der Waals surface area (Å²) < 4.78 is 42.3. The lowest BCUT2D eigenvalue weighted by Crippen LogP contribution is -2.70. The molecule has 57 heavy (non-hydrogen) atoms. The van der Waals surface area contributed by atoms with Crippen LogP contribution in [0.3, 0.4) is 0 Å². The van der Waals surface area contributed by atoms with Crippen molar-refractivity contribution in [2.45, 2.75) is 81.7 Å². The molecule has 3 aromatic carbocycles. The van der Waals surface area contributed by atoms with Crippen LogP contribution in [0.25, 0.3) is 0 Å². The average Bonchev–Trinajstić information content (AvgIpc) is 3.66. The summed E-state index contributed by atoms with van der Waals surface area (Å²) >= 11 is 1.46. The lowest BCUT2D eigenvalue weighted by molar-refractivity contribution is -0.186. The van der Waals surface area contributed by atoms with Crippen LogP contribution < -0.4 is 33.7 Å².